The van der Waals surface area contributed by atoms with E-state index in [-0.39, 0.29) is 11.5 Å². The third-order valence-corrected chi connectivity index (χ3v) is 10.8. The SMILES string of the molecule is CCn1nc(-c2cncc(C(F)(F)F)c2)cc1C1C2CC(O[Si](c3ccccc3)c3ccc(C(C)(C)C)cc3)CC21. The van der Waals surface area contributed by atoms with Gasteiger partial charge in [-0.1, -0.05) is 75.4 Å². The van der Waals surface area contributed by atoms with Crippen LogP contribution in [-0.4, -0.2) is 29.9 Å². The van der Waals surface area contributed by atoms with Crippen LogP contribution in [0.25, 0.3) is 11.3 Å². The van der Waals surface area contributed by atoms with E-state index in [0.29, 0.717) is 35.6 Å². The normalized spacial score (nSPS) is 22.2. The van der Waals surface area contributed by atoms with Crippen LogP contribution in [0.3, 0.4) is 0 Å². The molecule has 0 saturated heterocycles. The highest BCUT2D eigenvalue weighted by atomic mass is 28.3. The van der Waals surface area contributed by atoms with Gasteiger partial charge in [-0.3, -0.25) is 9.67 Å². The van der Waals surface area contributed by atoms with Crippen molar-refractivity contribution < 1.29 is 17.6 Å². The number of benzene rings is 2. The Balaban J connectivity index is 1.18. The molecule has 2 fully saturated rings. The second kappa shape index (κ2) is 10.6. The van der Waals surface area contributed by atoms with E-state index in [9.17, 15) is 13.2 Å². The van der Waals surface area contributed by atoms with Gasteiger partial charge in [0.1, 0.15) is 0 Å². The van der Waals surface area contributed by atoms with Crippen LogP contribution in [0.15, 0.2) is 79.1 Å². The molecule has 4 aromatic rings. The molecule has 4 nitrogen and oxygen atoms in total. The van der Waals surface area contributed by atoms with E-state index in [0.717, 1.165) is 30.8 Å². The number of fused-ring (bicyclic) bond motifs is 1. The summed E-state index contributed by atoms with van der Waals surface area (Å²) in [7, 11) is -1.40. The van der Waals surface area contributed by atoms with Crippen LogP contribution in [-0.2, 0) is 22.6 Å². The van der Waals surface area contributed by atoms with Gasteiger partial charge >= 0.3 is 6.18 Å². The summed E-state index contributed by atoms with van der Waals surface area (Å²) >= 11 is 0. The van der Waals surface area contributed by atoms with Crippen LogP contribution in [0, 0.1) is 11.8 Å². The van der Waals surface area contributed by atoms with Gasteiger partial charge in [0.2, 0.25) is 0 Å². The quantitative estimate of drug-likeness (QED) is 0.234. The van der Waals surface area contributed by atoms with Crippen LogP contribution >= 0.6 is 0 Å². The summed E-state index contributed by atoms with van der Waals surface area (Å²) in [5, 5.41) is 7.18. The molecular formula is C33H35F3N3OSi. The third kappa shape index (κ3) is 5.64. The van der Waals surface area contributed by atoms with Crippen LogP contribution in [0.2, 0.25) is 0 Å². The number of aryl methyl sites for hydroxylation is 1. The lowest BCUT2D eigenvalue weighted by Gasteiger charge is -2.24. The molecule has 0 bridgehead atoms. The number of rotatable bonds is 7. The lowest BCUT2D eigenvalue weighted by molar-refractivity contribution is -0.137. The standard InChI is InChI=1S/C33H35F3N3OSi/c1-5-39-30(18-29(38-39)21-15-23(20-37-19-21)33(34,35)36)31-27-16-24(17-28(27)31)40-41(25-9-7-6-8-10-25)26-13-11-22(12-14-26)32(2,3)4/h6-15,18-20,24,27-28,31H,5,16-17H2,1-4H3. The first kappa shape index (κ1) is 27.9. The van der Waals surface area contributed by atoms with Crippen molar-refractivity contribution in [3.63, 3.8) is 0 Å². The smallest absolute Gasteiger partial charge is 0.404 e. The molecule has 2 aliphatic carbocycles. The van der Waals surface area contributed by atoms with Crippen molar-refractivity contribution in [2.75, 3.05) is 0 Å². The molecule has 2 saturated carbocycles. The molecule has 8 heteroatoms. The highest BCUT2D eigenvalue weighted by Gasteiger charge is 2.58. The van der Waals surface area contributed by atoms with Gasteiger partial charge < -0.3 is 4.43 Å². The summed E-state index contributed by atoms with van der Waals surface area (Å²) in [5.41, 5.74) is 2.71. The first-order valence-corrected chi connectivity index (χ1v) is 15.7. The van der Waals surface area contributed by atoms with Crippen molar-refractivity contribution in [1.29, 1.82) is 0 Å². The van der Waals surface area contributed by atoms with Crippen molar-refractivity contribution in [1.82, 2.24) is 14.8 Å². The van der Waals surface area contributed by atoms with Gasteiger partial charge in [0.15, 0.2) is 0 Å². The third-order valence-electron chi connectivity index (χ3n) is 8.55. The number of hydrogen-bond acceptors (Lipinski definition) is 3. The Labute approximate surface area is 241 Å². The maximum absolute atomic E-state index is 13.3. The summed E-state index contributed by atoms with van der Waals surface area (Å²) in [4.78, 5) is 3.83. The molecule has 213 valence electrons. The average molecular weight is 575 g/mol. The molecular weight excluding hydrogens is 539 g/mol. The molecule has 6 rings (SSSR count). The Hall–Kier alpha value is -3.23. The number of pyridine rings is 1. The summed E-state index contributed by atoms with van der Waals surface area (Å²) < 4.78 is 48.7. The number of nitrogens with zero attached hydrogens (tertiary/aromatic N) is 3. The zero-order valence-corrected chi connectivity index (χ0v) is 24.8. The maximum atomic E-state index is 13.3. The van der Waals surface area contributed by atoms with Crippen LogP contribution in [0.4, 0.5) is 13.2 Å². The predicted molar refractivity (Wildman–Crippen MR) is 157 cm³/mol. The molecule has 2 aliphatic rings. The van der Waals surface area contributed by atoms with Crippen LogP contribution in [0.5, 0.6) is 0 Å². The van der Waals surface area contributed by atoms with Gasteiger partial charge in [-0.2, -0.15) is 18.3 Å². The molecule has 2 atom stereocenters. The van der Waals surface area contributed by atoms with Crippen molar-refractivity contribution in [2.24, 2.45) is 11.8 Å². The lowest BCUT2D eigenvalue weighted by Crippen LogP contribution is -2.47. The summed E-state index contributed by atoms with van der Waals surface area (Å²) in [6, 6.07) is 22.6. The van der Waals surface area contributed by atoms with Gasteiger partial charge in [-0.25, -0.2) is 0 Å². The van der Waals surface area contributed by atoms with E-state index >= 15 is 0 Å². The van der Waals surface area contributed by atoms with Crippen molar-refractivity contribution >= 4 is 19.4 Å². The Morgan fingerprint density at radius 2 is 1.54 bits per heavy atom. The lowest BCUT2D eigenvalue weighted by atomic mass is 9.87. The Morgan fingerprint density at radius 1 is 0.878 bits per heavy atom. The number of halogens is 3. The largest absolute Gasteiger partial charge is 0.417 e. The molecule has 41 heavy (non-hydrogen) atoms. The van der Waals surface area contributed by atoms with Gasteiger partial charge in [0.05, 0.1) is 11.3 Å². The fourth-order valence-corrected chi connectivity index (χ4v) is 8.43. The number of aromatic nitrogens is 3. The van der Waals surface area contributed by atoms with E-state index < -0.39 is 20.8 Å². The minimum atomic E-state index is -4.43. The zero-order valence-electron chi connectivity index (χ0n) is 23.8. The van der Waals surface area contributed by atoms with Crippen molar-refractivity contribution in [3.05, 3.63) is 95.9 Å². The summed E-state index contributed by atoms with van der Waals surface area (Å²) in [6.45, 7) is 9.38. The van der Waals surface area contributed by atoms with Crippen molar-refractivity contribution in [2.45, 2.75) is 70.7 Å². The summed E-state index contributed by atoms with van der Waals surface area (Å²) in [5.74, 6) is 1.39. The van der Waals surface area contributed by atoms with E-state index in [2.05, 4.69) is 79.4 Å². The fourth-order valence-electron chi connectivity index (χ4n) is 6.34. The maximum Gasteiger partial charge on any atom is 0.417 e. The van der Waals surface area contributed by atoms with Crippen molar-refractivity contribution in [3.8, 4) is 11.3 Å². The molecule has 2 heterocycles. The van der Waals surface area contributed by atoms with Crippen LogP contribution in [0.1, 0.15) is 63.3 Å². The number of alkyl halides is 3. The van der Waals surface area contributed by atoms with E-state index in [1.807, 2.05) is 23.7 Å². The molecule has 0 spiro atoms. The summed E-state index contributed by atoms with van der Waals surface area (Å²) in [6.07, 6.45) is 0.0628. The highest BCUT2D eigenvalue weighted by Crippen LogP contribution is 2.63. The topological polar surface area (TPSA) is 39.9 Å². The predicted octanol–water partition coefficient (Wildman–Crippen LogP) is 6.60. The van der Waals surface area contributed by atoms with Gasteiger partial charge in [0.25, 0.3) is 9.04 Å². The monoisotopic (exact) mass is 574 g/mol. The Morgan fingerprint density at radius 3 is 2.15 bits per heavy atom. The Kier molecular flexibility index (Phi) is 7.18. The molecule has 0 aliphatic heterocycles. The second-order valence-corrected chi connectivity index (χ2v) is 14.4. The van der Waals surface area contributed by atoms with Gasteiger partial charge in [0, 0.05) is 42.2 Å². The average Bonchev–Trinajstić information content (AvgIpc) is 3.26. The first-order valence-electron chi connectivity index (χ1n) is 14.3. The van der Waals surface area contributed by atoms with Gasteiger partial charge in [-0.05, 0) is 65.1 Å². The molecule has 0 N–H and O–H groups in total. The minimum absolute atomic E-state index is 0.100. The molecule has 2 aromatic carbocycles. The van der Waals surface area contributed by atoms with E-state index in [4.69, 9.17) is 4.43 Å². The Bertz CT molecular complexity index is 1500. The number of hydrogen-bond donors (Lipinski definition) is 0. The first-order chi connectivity index (χ1) is 19.5. The van der Waals surface area contributed by atoms with Crippen LogP contribution < -0.4 is 10.4 Å². The highest BCUT2D eigenvalue weighted by molar-refractivity contribution is 6.80. The van der Waals surface area contributed by atoms with E-state index in [1.54, 1.807) is 0 Å². The molecule has 0 amide bonds. The molecule has 2 unspecified atom stereocenters. The minimum Gasteiger partial charge on any atom is -0.404 e. The zero-order chi connectivity index (χ0) is 28.9. The second-order valence-electron chi connectivity index (χ2n) is 12.3. The molecule has 1 radical (unpaired) electrons. The molecule has 2 aromatic heterocycles. The fraction of sp³-hybridized carbons (Fsp3) is 0.394. The van der Waals surface area contributed by atoms with Gasteiger partial charge in [-0.15, -0.1) is 0 Å². The van der Waals surface area contributed by atoms with E-state index in [1.165, 1.54) is 22.1 Å².